The first-order valence-corrected chi connectivity index (χ1v) is 11.7. The third-order valence-electron chi connectivity index (χ3n) is 5.87. The molecule has 186 valence electrons. The maximum Gasteiger partial charge on any atom is 0.120 e. The van der Waals surface area contributed by atoms with Crippen LogP contribution in [0.3, 0.4) is 0 Å². The second-order valence-corrected chi connectivity index (χ2v) is 8.69. The van der Waals surface area contributed by atoms with Crippen LogP contribution in [0.1, 0.15) is 22.5 Å². The Bertz CT molecular complexity index is 1160. The van der Waals surface area contributed by atoms with E-state index in [0.29, 0.717) is 50.4 Å². The number of hydrogen-bond donors (Lipinski definition) is 4. The van der Waals surface area contributed by atoms with E-state index in [1.54, 1.807) is 24.5 Å². The molecule has 0 unspecified atom stereocenters. The predicted molar refractivity (Wildman–Crippen MR) is 136 cm³/mol. The highest BCUT2D eigenvalue weighted by atomic mass is 16.3. The minimum Gasteiger partial charge on any atom is -0.508 e. The smallest absolute Gasteiger partial charge is 0.120 e. The van der Waals surface area contributed by atoms with Gasteiger partial charge in [-0.15, -0.1) is 0 Å². The molecule has 0 saturated carbocycles. The van der Waals surface area contributed by atoms with Gasteiger partial charge in [0.1, 0.15) is 23.0 Å². The topological polar surface area (TPSA) is 113 Å². The summed E-state index contributed by atoms with van der Waals surface area (Å²) in [5, 5.41) is 40.6. The quantitative estimate of drug-likeness (QED) is 0.235. The molecule has 4 N–H and O–H groups in total. The highest BCUT2D eigenvalue weighted by Gasteiger charge is 2.16. The van der Waals surface area contributed by atoms with Gasteiger partial charge in [-0.3, -0.25) is 19.8 Å². The Kier molecular flexibility index (Phi) is 8.33. The van der Waals surface area contributed by atoms with Crippen molar-refractivity contribution in [1.82, 2.24) is 19.8 Å². The zero-order chi connectivity index (χ0) is 25.3. The van der Waals surface area contributed by atoms with Crippen molar-refractivity contribution in [1.29, 1.82) is 0 Å². The molecule has 36 heavy (non-hydrogen) atoms. The highest BCUT2D eigenvalue weighted by molar-refractivity contribution is 5.39. The first kappa shape index (κ1) is 25.0. The number of phenols is 4. The van der Waals surface area contributed by atoms with Crippen LogP contribution < -0.4 is 0 Å². The fourth-order valence-electron chi connectivity index (χ4n) is 4.03. The zero-order valence-corrected chi connectivity index (χ0v) is 19.9. The SMILES string of the molecule is Oc1ccc(O)c(CN(CCN(Cc2ccccn2)Cc2cc(O)ccc2O)Cc2ccccn2)c1. The Morgan fingerprint density at radius 2 is 0.972 bits per heavy atom. The summed E-state index contributed by atoms with van der Waals surface area (Å²) < 4.78 is 0. The summed E-state index contributed by atoms with van der Waals surface area (Å²) >= 11 is 0. The van der Waals surface area contributed by atoms with Crippen LogP contribution in [0.5, 0.6) is 23.0 Å². The lowest BCUT2D eigenvalue weighted by Crippen LogP contribution is -2.34. The molecule has 0 aliphatic rings. The van der Waals surface area contributed by atoms with Crippen LogP contribution in [0.2, 0.25) is 0 Å². The number of aromatic nitrogens is 2. The Balaban J connectivity index is 1.54. The highest BCUT2D eigenvalue weighted by Crippen LogP contribution is 2.26. The van der Waals surface area contributed by atoms with Crippen molar-refractivity contribution in [3.63, 3.8) is 0 Å². The predicted octanol–water partition coefficient (Wildman–Crippen LogP) is 4.00. The average molecular weight is 487 g/mol. The van der Waals surface area contributed by atoms with Gasteiger partial charge in [0.2, 0.25) is 0 Å². The van der Waals surface area contributed by atoms with E-state index in [2.05, 4.69) is 19.8 Å². The van der Waals surface area contributed by atoms with Gasteiger partial charge in [-0.25, -0.2) is 0 Å². The molecule has 8 nitrogen and oxygen atoms in total. The first-order chi connectivity index (χ1) is 17.5. The van der Waals surface area contributed by atoms with Crippen molar-refractivity contribution in [3.05, 3.63) is 108 Å². The van der Waals surface area contributed by atoms with E-state index in [9.17, 15) is 20.4 Å². The van der Waals surface area contributed by atoms with Gasteiger partial charge in [0.05, 0.1) is 11.4 Å². The molecule has 0 aliphatic carbocycles. The van der Waals surface area contributed by atoms with Gasteiger partial charge in [0.15, 0.2) is 0 Å². The third-order valence-corrected chi connectivity index (χ3v) is 5.87. The number of benzene rings is 2. The molecule has 0 fully saturated rings. The molecule has 4 aromatic rings. The number of aromatic hydroxyl groups is 4. The van der Waals surface area contributed by atoms with E-state index in [4.69, 9.17) is 0 Å². The van der Waals surface area contributed by atoms with Crippen molar-refractivity contribution < 1.29 is 20.4 Å². The summed E-state index contributed by atoms with van der Waals surface area (Å²) in [6.07, 6.45) is 3.49. The lowest BCUT2D eigenvalue weighted by molar-refractivity contribution is 0.178. The zero-order valence-electron chi connectivity index (χ0n) is 19.9. The second-order valence-electron chi connectivity index (χ2n) is 8.69. The van der Waals surface area contributed by atoms with E-state index in [1.807, 2.05) is 36.4 Å². The number of rotatable bonds is 11. The van der Waals surface area contributed by atoms with Gasteiger partial charge in [0.25, 0.3) is 0 Å². The molecule has 2 aromatic carbocycles. The standard InChI is InChI=1S/C28H30N4O4/c33-25-7-9-27(35)21(15-25)17-31(19-23-5-1-3-11-29-23)13-14-32(20-24-6-2-4-12-30-24)18-22-16-26(34)8-10-28(22)36/h1-12,15-16,33-36H,13-14,17-20H2. The number of hydrogen-bond acceptors (Lipinski definition) is 8. The lowest BCUT2D eigenvalue weighted by atomic mass is 10.1. The van der Waals surface area contributed by atoms with Gasteiger partial charge in [0, 0.05) is 62.8 Å². The Morgan fingerprint density at radius 1 is 0.528 bits per heavy atom. The largest absolute Gasteiger partial charge is 0.508 e. The van der Waals surface area contributed by atoms with E-state index < -0.39 is 0 Å². The normalized spacial score (nSPS) is 11.3. The summed E-state index contributed by atoms with van der Waals surface area (Å²) in [5.41, 5.74) is 3.01. The van der Waals surface area contributed by atoms with Crippen LogP contribution in [0.4, 0.5) is 0 Å². The molecule has 0 spiro atoms. The molecule has 8 heteroatoms. The minimum absolute atomic E-state index is 0.0942. The molecule has 0 amide bonds. The van der Waals surface area contributed by atoms with Crippen molar-refractivity contribution in [3.8, 4) is 23.0 Å². The summed E-state index contributed by atoms with van der Waals surface area (Å²) in [6, 6.07) is 20.5. The molecule has 0 radical (unpaired) electrons. The number of pyridine rings is 2. The van der Waals surface area contributed by atoms with Gasteiger partial charge in [-0.05, 0) is 60.7 Å². The molecule has 2 heterocycles. The molecular formula is C28H30N4O4. The average Bonchev–Trinajstić information content (AvgIpc) is 2.88. The van der Waals surface area contributed by atoms with Gasteiger partial charge in [-0.1, -0.05) is 12.1 Å². The van der Waals surface area contributed by atoms with E-state index in [0.717, 1.165) is 11.4 Å². The van der Waals surface area contributed by atoms with Gasteiger partial charge < -0.3 is 20.4 Å². The fraction of sp³-hybridized carbons (Fsp3) is 0.214. The lowest BCUT2D eigenvalue weighted by Gasteiger charge is -2.28. The van der Waals surface area contributed by atoms with E-state index in [-0.39, 0.29) is 23.0 Å². The van der Waals surface area contributed by atoms with Gasteiger partial charge >= 0.3 is 0 Å². The second kappa shape index (κ2) is 12.0. The maximum absolute atomic E-state index is 10.4. The van der Waals surface area contributed by atoms with Crippen molar-refractivity contribution in [2.24, 2.45) is 0 Å². The van der Waals surface area contributed by atoms with E-state index >= 15 is 0 Å². The number of phenolic OH excluding ortho intramolecular Hbond substituents is 4. The van der Waals surface area contributed by atoms with Crippen molar-refractivity contribution >= 4 is 0 Å². The molecule has 0 aliphatic heterocycles. The molecule has 2 aromatic heterocycles. The number of nitrogens with zero attached hydrogens (tertiary/aromatic N) is 4. The Morgan fingerprint density at radius 3 is 1.36 bits per heavy atom. The monoisotopic (exact) mass is 486 g/mol. The molecule has 0 atom stereocenters. The fourth-order valence-corrected chi connectivity index (χ4v) is 4.03. The molecular weight excluding hydrogens is 456 g/mol. The van der Waals surface area contributed by atoms with Crippen LogP contribution in [-0.4, -0.2) is 53.3 Å². The summed E-state index contributed by atoms with van der Waals surface area (Å²) in [7, 11) is 0. The summed E-state index contributed by atoms with van der Waals surface area (Å²) in [6.45, 7) is 3.13. The third kappa shape index (κ3) is 7.18. The Labute approximate surface area is 210 Å². The summed E-state index contributed by atoms with van der Waals surface area (Å²) in [4.78, 5) is 13.2. The van der Waals surface area contributed by atoms with Crippen LogP contribution >= 0.6 is 0 Å². The first-order valence-electron chi connectivity index (χ1n) is 11.7. The molecule has 4 rings (SSSR count). The molecule has 0 bridgehead atoms. The van der Waals surface area contributed by atoms with E-state index in [1.165, 1.54) is 24.3 Å². The Hall–Kier alpha value is -4.14. The van der Waals surface area contributed by atoms with Gasteiger partial charge in [-0.2, -0.15) is 0 Å². The van der Waals surface area contributed by atoms with Crippen LogP contribution in [0.25, 0.3) is 0 Å². The summed E-state index contributed by atoms with van der Waals surface area (Å²) in [5.74, 6) is 0.427. The van der Waals surface area contributed by atoms with Crippen LogP contribution in [0.15, 0.2) is 85.2 Å². The maximum atomic E-state index is 10.4. The molecule has 0 saturated heterocycles. The van der Waals surface area contributed by atoms with Crippen molar-refractivity contribution in [2.45, 2.75) is 26.2 Å². The van der Waals surface area contributed by atoms with Crippen molar-refractivity contribution in [2.75, 3.05) is 13.1 Å². The minimum atomic E-state index is 0.0942. The van der Waals surface area contributed by atoms with Crippen LogP contribution in [0, 0.1) is 0 Å². The van der Waals surface area contributed by atoms with Crippen LogP contribution in [-0.2, 0) is 26.2 Å².